The number of aldehydes is 1. The number of carbonyl (C=O) groups is 1. The van der Waals surface area contributed by atoms with E-state index in [0.29, 0.717) is 22.0 Å². The fourth-order valence-electron chi connectivity index (χ4n) is 4.80. The van der Waals surface area contributed by atoms with Crippen LogP contribution < -0.4 is 11.0 Å². The summed E-state index contributed by atoms with van der Waals surface area (Å²) in [4.78, 5) is 27.7. The molecule has 4 aromatic rings. The van der Waals surface area contributed by atoms with E-state index in [4.69, 9.17) is 32.5 Å². The van der Waals surface area contributed by atoms with Crippen LogP contribution in [0.5, 0.6) is 0 Å². The van der Waals surface area contributed by atoms with E-state index in [0.717, 1.165) is 34.1 Å². The lowest BCUT2D eigenvalue weighted by atomic mass is 9.77. The van der Waals surface area contributed by atoms with Crippen LogP contribution in [0.15, 0.2) is 65.7 Å². The molecular formula is C26H19BCl2N2O4. The molecule has 6 rings (SSSR count). The largest absolute Gasteiger partial charge is 0.496 e. The highest BCUT2D eigenvalue weighted by Gasteiger charge is 2.71. The van der Waals surface area contributed by atoms with E-state index in [-0.39, 0.29) is 16.8 Å². The molecule has 2 fully saturated rings. The van der Waals surface area contributed by atoms with Gasteiger partial charge in [0, 0.05) is 46.0 Å². The van der Waals surface area contributed by atoms with Gasteiger partial charge in [-0.2, -0.15) is 0 Å². The topological polar surface area (TPSA) is 69.9 Å². The van der Waals surface area contributed by atoms with Gasteiger partial charge >= 0.3 is 7.12 Å². The second-order valence-corrected chi connectivity index (χ2v) is 10.1. The van der Waals surface area contributed by atoms with Crippen molar-refractivity contribution in [1.29, 1.82) is 0 Å². The van der Waals surface area contributed by atoms with Crippen molar-refractivity contribution < 1.29 is 14.1 Å². The van der Waals surface area contributed by atoms with Gasteiger partial charge in [-0.3, -0.25) is 14.0 Å². The molecule has 2 aromatic heterocycles. The number of carbonyl (C=O) groups excluding carboxylic acids is 1. The lowest BCUT2D eigenvalue weighted by Crippen LogP contribution is -2.36. The molecule has 0 amide bonds. The molecule has 0 spiro atoms. The number of nitrogens with zero attached hydrogens (tertiary/aromatic N) is 2. The summed E-state index contributed by atoms with van der Waals surface area (Å²) in [6.07, 6.45) is 4.23. The average molecular weight is 505 g/mol. The third kappa shape index (κ3) is 3.38. The van der Waals surface area contributed by atoms with Gasteiger partial charge in [-0.05, 0) is 31.5 Å². The minimum absolute atomic E-state index is 0.000293. The summed E-state index contributed by atoms with van der Waals surface area (Å²) in [5.74, 6) is 0. The van der Waals surface area contributed by atoms with Crippen LogP contribution in [0.4, 0.5) is 0 Å². The Morgan fingerprint density at radius 3 is 2.37 bits per heavy atom. The van der Waals surface area contributed by atoms with Crippen molar-refractivity contribution in [2.75, 3.05) is 0 Å². The molecule has 9 heteroatoms. The Kier molecular flexibility index (Phi) is 4.99. The zero-order valence-electron chi connectivity index (χ0n) is 18.9. The summed E-state index contributed by atoms with van der Waals surface area (Å²) in [7, 11) is -0.533. The summed E-state index contributed by atoms with van der Waals surface area (Å²) >= 11 is 13.8. The molecule has 2 aromatic carbocycles. The molecule has 0 N–H and O–H groups in total. The van der Waals surface area contributed by atoms with Crippen LogP contribution in [0.2, 0.25) is 10.0 Å². The molecule has 1 saturated heterocycles. The lowest BCUT2D eigenvalue weighted by molar-refractivity contribution is 0.112. The third-order valence-corrected chi connectivity index (χ3v) is 7.98. The molecule has 2 atom stereocenters. The number of rotatable bonds is 4. The number of aromatic nitrogens is 2. The maximum absolute atomic E-state index is 12.4. The van der Waals surface area contributed by atoms with E-state index in [1.54, 1.807) is 18.3 Å². The number of benzene rings is 2. The van der Waals surface area contributed by atoms with Crippen LogP contribution in [0.25, 0.3) is 27.9 Å². The van der Waals surface area contributed by atoms with E-state index < -0.39 is 12.7 Å². The Balaban J connectivity index is 1.41. The fourth-order valence-corrected chi connectivity index (χ4v) is 5.45. The smallest absolute Gasteiger partial charge is 0.399 e. The van der Waals surface area contributed by atoms with Crippen LogP contribution in [0, 0.1) is 0 Å². The van der Waals surface area contributed by atoms with Crippen LogP contribution in [-0.4, -0.2) is 34.0 Å². The van der Waals surface area contributed by atoms with Crippen molar-refractivity contribution in [1.82, 2.24) is 9.38 Å². The lowest BCUT2D eigenvalue weighted by Gasteiger charge is -2.16. The van der Waals surface area contributed by atoms with Gasteiger partial charge in [-0.15, -0.1) is 0 Å². The molecule has 1 saturated carbocycles. The van der Waals surface area contributed by atoms with Gasteiger partial charge in [0.1, 0.15) is 5.65 Å². The molecular weight excluding hydrogens is 486 g/mol. The summed E-state index contributed by atoms with van der Waals surface area (Å²) in [6, 6.07) is 15.0. The van der Waals surface area contributed by atoms with Gasteiger partial charge in [0.05, 0.1) is 21.8 Å². The van der Waals surface area contributed by atoms with Crippen molar-refractivity contribution in [3.63, 3.8) is 0 Å². The normalized spacial score (nSPS) is 22.9. The van der Waals surface area contributed by atoms with Crippen LogP contribution in [0.1, 0.15) is 30.6 Å². The second kappa shape index (κ2) is 7.77. The molecule has 2 aliphatic rings. The molecule has 6 nitrogen and oxygen atoms in total. The Bertz CT molecular complexity index is 1590. The van der Waals surface area contributed by atoms with Crippen molar-refractivity contribution >= 4 is 47.7 Å². The van der Waals surface area contributed by atoms with Gasteiger partial charge in [-0.1, -0.05) is 59.6 Å². The first-order valence-corrected chi connectivity index (χ1v) is 11.9. The molecule has 35 heavy (non-hydrogen) atoms. The van der Waals surface area contributed by atoms with Gasteiger partial charge in [0.25, 0.3) is 5.56 Å². The Hall–Kier alpha value is -2.97. The van der Waals surface area contributed by atoms with Crippen LogP contribution in [-0.2, 0) is 9.31 Å². The SMILES string of the molecule is CC12CC1(C)OB(c1cccc(-c3cccc(-c4ccn5c(=O)c(C=O)cnc5c4)c3Cl)c1Cl)O2. The van der Waals surface area contributed by atoms with Crippen LogP contribution in [0.3, 0.4) is 0 Å². The molecule has 0 radical (unpaired) electrons. The summed E-state index contributed by atoms with van der Waals surface area (Å²) in [5, 5.41) is 1.04. The van der Waals surface area contributed by atoms with Crippen LogP contribution >= 0.6 is 23.2 Å². The minimum Gasteiger partial charge on any atom is -0.399 e. The van der Waals surface area contributed by atoms with E-state index in [2.05, 4.69) is 18.8 Å². The highest BCUT2D eigenvalue weighted by Crippen LogP contribution is 2.58. The van der Waals surface area contributed by atoms with E-state index in [1.165, 1.54) is 10.6 Å². The second-order valence-electron chi connectivity index (χ2n) is 9.36. The zero-order valence-corrected chi connectivity index (χ0v) is 20.4. The predicted molar refractivity (Wildman–Crippen MR) is 137 cm³/mol. The van der Waals surface area contributed by atoms with Gasteiger partial charge < -0.3 is 9.31 Å². The third-order valence-electron chi connectivity index (χ3n) is 7.15. The number of halogens is 2. The predicted octanol–water partition coefficient (Wildman–Crippen LogP) is 4.81. The first kappa shape index (κ1) is 22.5. The van der Waals surface area contributed by atoms with E-state index >= 15 is 0 Å². The van der Waals surface area contributed by atoms with Crippen molar-refractivity contribution in [3.8, 4) is 22.3 Å². The van der Waals surface area contributed by atoms with Gasteiger partial charge in [0.15, 0.2) is 6.29 Å². The maximum Gasteiger partial charge on any atom is 0.496 e. The monoisotopic (exact) mass is 504 g/mol. The minimum atomic E-state index is -0.533. The summed E-state index contributed by atoms with van der Waals surface area (Å²) < 4.78 is 13.7. The van der Waals surface area contributed by atoms with Gasteiger partial charge in [-0.25, -0.2) is 4.98 Å². The quantitative estimate of drug-likeness (QED) is 0.294. The molecule has 174 valence electrons. The van der Waals surface area contributed by atoms with Crippen molar-refractivity contribution in [3.05, 3.63) is 86.9 Å². The molecule has 1 aliphatic carbocycles. The summed E-state index contributed by atoms with van der Waals surface area (Å²) in [5.41, 5.74) is 3.26. The Morgan fingerprint density at radius 1 is 1.00 bits per heavy atom. The zero-order chi connectivity index (χ0) is 24.5. The van der Waals surface area contributed by atoms with Crippen molar-refractivity contribution in [2.24, 2.45) is 0 Å². The number of pyridine rings is 1. The number of fused-ring (bicyclic) bond motifs is 2. The first-order chi connectivity index (χ1) is 16.7. The van der Waals surface area contributed by atoms with Crippen molar-refractivity contribution in [2.45, 2.75) is 31.5 Å². The van der Waals surface area contributed by atoms with E-state index in [1.807, 2.05) is 36.4 Å². The first-order valence-electron chi connectivity index (χ1n) is 11.1. The molecule has 3 heterocycles. The Labute approximate surface area is 211 Å². The average Bonchev–Trinajstić information content (AvgIpc) is 3.27. The number of hydrogen-bond acceptors (Lipinski definition) is 5. The van der Waals surface area contributed by atoms with Gasteiger partial charge in [0.2, 0.25) is 0 Å². The maximum atomic E-state index is 12.4. The molecule has 0 bridgehead atoms. The summed E-state index contributed by atoms with van der Waals surface area (Å²) in [6.45, 7) is 4.11. The molecule has 1 aliphatic heterocycles. The Morgan fingerprint density at radius 2 is 1.66 bits per heavy atom. The highest BCUT2D eigenvalue weighted by atomic mass is 35.5. The highest BCUT2D eigenvalue weighted by molar-refractivity contribution is 6.66. The fraction of sp³-hybridized carbons (Fsp3) is 0.192. The number of hydrogen-bond donors (Lipinski definition) is 0. The molecule has 2 unspecified atom stereocenters. The van der Waals surface area contributed by atoms with E-state index in [9.17, 15) is 9.59 Å². The standard InChI is InChI=1S/C26H19BCl2N2O4/c1-25-14-26(25,2)35-27(34-25)20-8-4-7-19(23(20)29)18-6-3-5-17(22(18)28)15-9-10-31-21(11-15)30-12-16(13-32)24(31)33/h3-13H,14H2,1-2H3.